The molecule has 0 aromatic heterocycles. The summed E-state index contributed by atoms with van der Waals surface area (Å²) < 4.78 is 0. The largest absolute Gasteiger partial charge is 0.382 e. The van der Waals surface area contributed by atoms with Crippen molar-refractivity contribution in [3.05, 3.63) is 104 Å². The third-order valence-corrected chi connectivity index (χ3v) is 12.1. The smallest absolute Gasteiger partial charge is 0.249 e. The van der Waals surface area contributed by atoms with Crippen LogP contribution in [-0.2, 0) is 25.7 Å². The number of nitrogens with one attached hydrogen (secondary N) is 1. The minimum Gasteiger partial charge on any atom is -0.382 e. The molecule has 0 aliphatic heterocycles. The molecule has 0 atom stereocenters. The van der Waals surface area contributed by atoms with Gasteiger partial charge in [0.25, 0.3) is 0 Å². The molecule has 4 rings (SSSR count). The molecule has 0 spiro atoms. The highest BCUT2D eigenvalue weighted by Gasteiger charge is 2.26. The van der Waals surface area contributed by atoms with E-state index in [0.717, 1.165) is 113 Å². The SMILES string of the molecule is CCN(C)c1c(CCCC(C)(C)C)c(=O)c1=O.CCN(CC)c1c(CCCC(C)(C)C)c(=O)c1=O.CCNc1c(CCCC(C)(C)C)c(=O)c1=O.CN(C)c1c(CCCC(C)(C)C)c(=O)c1=O. The first kappa shape index (κ1) is 60.5. The van der Waals surface area contributed by atoms with Crippen molar-refractivity contribution in [3.8, 4) is 0 Å². The first-order valence-corrected chi connectivity index (χ1v) is 24.9. The lowest BCUT2D eigenvalue weighted by molar-refractivity contribution is 0.365. The average Bonchev–Trinajstić information content (AvgIpc) is 3.22. The van der Waals surface area contributed by atoms with Gasteiger partial charge in [0.1, 0.15) is 0 Å². The van der Waals surface area contributed by atoms with E-state index in [-0.39, 0.29) is 65.1 Å². The summed E-state index contributed by atoms with van der Waals surface area (Å²) in [5.74, 6) is 0. The predicted octanol–water partition coefficient (Wildman–Crippen LogP) is 8.41. The molecule has 0 amide bonds. The molecule has 0 saturated heterocycles. The lowest BCUT2D eigenvalue weighted by Gasteiger charge is -2.25. The van der Waals surface area contributed by atoms with E-state index in [2.05, 4.69) is 88.4 Å². The van der Waals surface area contributed by atoms with Gasteiger partial charge in [0.05, 0.1) is 22.7 Å². The molecule has 1 N–H and O–H groups in total. The van der Waals surface area contributed by atoms with Crippen LogP contribution in [0.15, 0.2) is 38.4 Å². The third-order valence-electron chi connectivity index (χ3n) is 12.1. The van der Waals surface area contributed by atoms with Crippen molar-refractivity contribution >= 4 is 22.7 Å². The second-order valence-corrected chi connectivity index (χ2v) is 23.2. The van der Waals surface area contributed by atoms with Crippen LogP contribution < -0.4 is 63.4 Å². The monoisotopic (exact) mass is 935 g/mol. The van der Waals surface area contributed by atoms with Gasteiger partial charge in [-0.2, -0.15) is 0 Å². The minimum atomic E-state index is -0.340. The van der Waals surface area contributed by atoms with Gasteiger partial charge < -0.3 is 20.0 Å². The van der Waals surface area contributed by atoms with Crippen molar-refractivity contribution in [2.45, 2.75) is 188 Å². The molecular weight excluding hydrogens is 845 g/mol. The summed E-state index contributed by atoms with van der Waals surface area (Å²) in [4.78, 5) is 97.2. The fraction of sp³-hybridized carbons (Fsp3) is 0.709. The van der Waals surface area contributed by atoms with Gasteiger partial charge in [0.15, 0.2) is 0 Å². The fourth-order valence-corrected chi connectivity index (χ4v) is 8.11. The molecule has 0 aliphatic rings. The number of nitrogens with zero attached hydrogens (tertiary/aromatic N) is 3. The zero-order chi connectivity index (χ0) is 52.0. The summed E-state index contributed by atoms with van der Waals surface area (Å²) in [6.45, 7) is 37.2. The summed E-state index contributed by atoms with van der Waals surface area (Å²) in [5, 5.41) is 2.97. The number of hydrogen-bond acceptors (Lipinski definition) is 12. The summed E-state index contributed by atoms with van der Waals surface area (Å²) in [6, 6.07) is 0. The first-order valence-electron chi connectivity index (χ1n) is 24.9. The standard InChI is InChI=1S/C15H25NO2.C14H23NO2.2C13H21NO2/c1-6-16(7-2)12-11(13(17)14(12)18)9-8-10-15(3,4)5;1-6-15(5)11-10(12(16)13(11)17)8-7-9-14(2,3)4;1-13(2,3)8-6-7-9-10(14(4)5)12(16)11(9)15;1-5-14-10-9(11(15)12(10)16)7-6-8-13(2,3)4/h6-10H2,1-5H3;6-9H2,1-5H3;6-8H2,1-5H3;14H,5-8H2,1-4H3. The van der Waals surface area contributed by atoms with Crippen molar-refractivity contribution in [2.24, 2.45) is 21.7 Å². The molecule has 0 unspecified atom stereocenters. The average molecular weight is 935 g/mol. The van der Waals surface area contributed by atoms with Crippen LogP contribution >= 0.6 is 0 Å². The maximum Gasteiger partial charge on any atom is 0.249 e. The van der Waals surface area contributed by atoms with Crippen molar-refractivity contribution in [1.82, 2.24) is 0 Å². The van der Waals surface area contributed by atoms with E-state index >= 15 is 0 Å². The van der Waals surface area contributed by atoms with Crippen LogP contribution in [-0.4, -0.2) is 47.3 Å². The Morgan fingerprint density at radius 2 is 0.672 bits per heavy atom. The Morgan fingerprint density at radius 1 is 0.373 bits per heavy atom. The Labute approximate surface area is 402 Å². The zero-order valence-corrected chi connectivity index (χ0v) is 45.4. The highest BCUT2D eigenvalue weighted by molar-refractivity contribution is 5.60. The van der Waals surface area contributed by atoms with Crippen LogP contribution in [0.3, 0.4) is 0 Å². The van der Waals surface area contributed by atoms with Crippen molar-refractivity contribution < 1.29 is 0 Å². The molecule has 67 heavy (non-hydrogen) atoms. The van der Waals surface area contributed by atoms with Crippen LogP contribution in [0, 0.1) is 21.7 Å². The Hall–Kier alpha value is -4.48. The lowest BCUT2D eigenvalue weighted by atomic mass is 9.88. The Kier molecular flexibility index (Phi) is 23.3. The van der Waals surface area contributed by atoms with Crippen molar-refractivity contribution in [1.29, 1.82) is 0 Å². The van der Waals surface area contributed by atoms with E-state index in [1.165, 1.54) is 0 Å². The van der Waals surface area contributed by atoms with E-state index < -0.39 is 0 Å². The van der Waals surface area contributed by atoms with Crippen LogP contribution in [0.1, 0.15) is 184 Å². The zero-order valence-electron chi connectivity index (χ0n) is 45.4. The van der Waals surface area contributed by atoms with Crippen LogP contribution in [0.25, 0.3) is 0 Å². The van der Waals surface area contributed by atoms with Crippen LogP contribution in [0.4, 0.5) is 22.7 Å². The van der Waals surface area contributed by atoms with Crippen molar-refractivity contribution in [2.75, 3.05) is 67.3 Å². The normalized spacial score (nSPS) is 12.0. The van der Waals surface area contributed by atoms with E-state index in [4.69, 9.17) is 0 Å². The molecule has 0 fully saturated rings. The first-order chi connectivity index (χ1) is 30.7. The molecule has 12 heteroatoms. The highest BCUT2D eigenvalue weighted by Crippen LogP contribution is 2.26. The summed E-state index contributed by atoms with van der Waals surface area (Å²) in [5.41, 5.74) is 4.21. The van der Waals surface area contributed by atoms with E-state index in [0.29, 0.717) is 34.9 Å². The highest BCUT2D eigenvalue weighted by atomic mass is 16.2. The van der Waals surface area contributed by atoms with Gasteiger partial charge in [-0.05, 0) is 126 Å². The van der Waals surface area contributed by atoms with Gasteiger partial charge >= 0.3 is 0 Å². The molecule has 0 heterocycles. The quantitative estimate of drug-likeness (QED) is 0.0846. The van der Waals surface area contributed by atoms with E-state index in [9.17, 15) is 38.4 Å². The fourth-order valence-electron chi connectivity index (χ4n) is 8.11. The van der Waals surface area contributed by atoms with Gasteiger partial charge in [-0.25, -0.2) is 0 Å². The van der Waals surface area contributed by atoms with Crippen LogP contribution in [0.5, 0.6) is 0 Å². The molecule has 0 radical (unpaired) electrons. The van der Waals surface area contributed by atoms with Gasteiger partial charge in [-0.15, -0.1) is 0 Å². The summed E-state index contributed by atoms with van der Waals surface area (Å²) in [7, 11) is 5.48. The summed E-state index contributed by atoms with van der Waals surface area (Å²) in [6.07, 6.45) is 11.1. The number of hydrogen-bond donors (Lipinski definition) is 1. The van der Waals surface area contributed by atoms with Gasteiger partial charge in [-0.3, -0.25) is 38.4 Å². The minimum absolute atomic E-state index is 0.259. The number of rotatable bonds is 20. The molecule has 0 bridgehead atoms. The molecular formula is C55H90N4O8. The molecule has 0 aliphatic carbocycles. The maximum absolute atomic E-state index is 11.6. The molecule has 12 nitrogen and oxygen atoms in total. The number of anilines is 4. The Morgan fingerprint density at radius 3 is 0.985 bits per heavy atom. The van der Waals surface area contributed by atoms with E-state index in [1.54, 1.807) is 4.90 Å². The van der Waals surface area contributed by atoms with Gasteiger partial charge in [-0.1, -0.05) is 83.1 Å². The lowest BCUT2D eigenvalue weighted by Crippen LogP contribution is -2.43. The Balaban J connectivity index is 0.000000447. The topological polar surface area (TPSA) is 158 Å². The molecule has 4 aromatic rings. The van der Waals surface area contributed by atoms with Crippen LogP contribution in [0.2, 0.25) is 0 Å². The summed E-state index contributed by atoms with van der Waals surface area (Å²) >= 11 is 0. The van der Waals surface area contributed by atoms with Gasteiger partial charge in [0, 0.05) is 69.6 Å². The second kappa shape index (κ2) is 25.8. The molecule has 0 saturated carbocycles. The van der Waals surface area contributed by atoms with E-state index in [1.807, 2.05) is 58.6 Å². The van der Waals surface area contributed by atoms with Crippen molar-refractivity contribution in [3.63, 3.8) is 0 Å². The second-order valence-electron chi connectivity index (χ2n) is 23.2. The maximum atomic E-state index is 11.6. The Bertz CT molecular complexity index is 2440. The molecule has 4 aromatic carbocycles. The predicted molar refractivity (Wildman–Crippen MR) is 286 cm³/mol. The van der Waals surface area contributed by atoms with Gasteiger partial charge in [0.2, 0.25) is 43.4 Å². The third kappa shape index (κ3) is 18.5. The molecule has 378 valence electrons.